The molecule has 1 atom stereocenters. The number of ether oxygens (including phenoxy) is 1. The summed E-state index contributed by atoms with van der Waals surface area (Å²) in [5.41, 5.74) is 1.65. The van der Waals surface area contributed by atoms with Gasteiger partial charge in [-0.15, -0.1) is 6.58 Å². The molecule has 2 aromatic rings. The number of amides is 1. The Hall–Kier alpha value is -2.32. The number of carboxylic acid groups (broad SMARTS) is 1. The van der Waals surface area contributed by atoms with Crippen molar-refractivity contribution in [3.63, 3.8) is 0 Å². The Labute approximate surface area is 150 Å². The maximum Gasteiger partial charge on any atom is 0.328 e. The van der Waals surface area contributed by atoms with E-state index in [1.807, 2.05) is 35.1 Å². The molecule has 1 aromatic carbocycles. The molecule has 0 bridgehead atoms. The second-order valence-corrected chi connectivity index (χ2v) is 6.19. The lowest BCUT2D eigenvalue weighted by Crippen LogP contribution is -2.45. The van der Waals surface area contributed by atoms with Gasteiger partial charge in [0.15, 0.2) is 6.04 Å². The van der Waals surface area contributed by atoms with Gasteiger partial charge in [-0.1, -0.05) is 18.2 Å². The molecule has 0 saturated carbocycles. The summed E-state index contributed by atoms with van der Waals surface area (Å²) in [6.45, 7) is 3.61. The van der Waals surface area contributed by atoms with Gasteiger partial charge in [-0.3, -0.25) is 4.79 Å². The van der Waals surface area contributed by atoms with E-state index in [0.29, 0.717) is 5.75 Å². The third kappa shape index (κ3) is 5.07. The number of aromatic nitrogens is 2. The molecule has 2 N–H and O–H groups in total. The highest BCUT2D eigenvalue weighted by Crippen LogP contribution is 2.18. The summed E-state index contributed by atoms with van der Waals surface area (Å²) in [7, 11) is 0. The van der Waals surface area contributed by atoms with Crippen molar-refractivity contribution in [2.45, 2.75) is 18.3 Å². The zero-order valence-electron chi connectivity index (χ0n) is 14.0. The van der Waals surface area contributed by atoms with E-state index in [4.69, 9.17) is 4.74 Å². The Morgan fingerprint density at radius 1 is 1.48 bits per heavy atom. The Morgan fingerprint density at radius 2 is 2.24 bits per heavy atom. The number of carboxylic acids is 1. The predicted molar refractivity (Wildman–Crippen MR) is 97.5 cm³/mol. The number of imidazole rings is 1. The monoisotopic (exact) mass is 363 g/mol. The Morgan fingerprint density at radius 3 is 2.92 bits per heavy atom. The molecule has 7 nitrogen and oxygen atoms in total. The van der Waals surface area contributed by atoms with E-state index in [-0.39, 0.29) is 19.8 Å². The molecular formula is C17H21N3O4S. The lowest BCUT2D eigenvalue weighted by atomic mass is 10.3. The lowest BCUT2D eigenvalue weighted by molar-refractivity contribution is -0.143. The standard InChI is InChI=1S/C17H21N3O4S/c1-3-8-24-10-13(17(22)23)19-16(21)9-20-14-7-5-4-6-12(14)18-15(20)11-25-2/h3-7,13H,1,8-11H2,2H3,(H,19,21)(H,22,23). The third-order valence-corrected chi connectivity index (χ3v) is 4.01. The molecule has 1 aromatic heterocycles. The van der Waals surface area contributed by atoms with Crippen LogP contribution in [0.2, 0.25) is 0 Å². The molecule has 0 aliphatic heterocycles. The summed E-state index contributed by atoms with van der Waals surface area (Å²) >= 11 is 1.61. The minimum Gasteiger partial charge on any atom is -0.480 e. The van der Waals surface area contributed by atoms with Gasteiger partial charge in [-0.25, -0.2) is 9.78 Å². The molecule has 2 rings (SSSR count). The van der Waals surface area contributed by atoms with Crippen molar-refractivity contribution < 1.29 is 19.4 Å². The third-order valence-electron chi connectivity index (χ3n) is 3.46. The Balaban J connectivity index is 2.13. The summed E-state index contributed by atoms with van der Waals surface area (Å²) in [6.07, 6.45) is 3.48. The normalized spacial score (nSPS) is 12.0. The summed E-state index contributed by atoms with van der Waals surface area (Å²) in [5, 5.41) is 11.7. The van der Waals surface area contributed by atoms with Crippen LogP contribution in [0.15, 0.2) is 36.9 Å². The summed E-state index contributed by atoms with van der Waals surface area (Å²) < 4.78 is 6.95. The number of rotatable bonds is 10. The lowest BCUT2D eigenvalue weighted by Gasteiger charge is -2.15. The quantitative estimate of drug-likeness (QED) is 0.493. The second-order valence-electron chi connectivity index (χ2n) is 5.32. The molecular weight excluding hydrogens is 342 g/mol. The van der Waals surface area contributed by atoms with Gasteiger partial charge < -0.3 is 19.7 Å². The van der Waals surface area contributed by atoms with Crippen molar-refractivity contribution in [1.29, 1.82) is 0 Å². The highest BCUT2D eigenvalue weighted by atomic mass is 32.2. The van der Waals surface area contributed by atoms with E-state index >= 15 is 0 Å². The van der Waals surface area contributed by atoms with Crippen LogP contribution in [0.4, 0.5) is 0 Å². The maximum atomic E-state index is 12.4. The average Bonchev–Trinajstić information content (AvgIpc) is 2.92. The van der Waals surface area contributed by atoms with Crippen molar-refractivity contribution >= 4 is 34.7 Å². The van der Waals surface area contributed by atoms with Crippen LogP contribution in [-0.4, -0.2) is 52.0 Å². The molecule has 1 unspecified atom stereocenters. The number of carbonyl (C=O) groups excluding carboxylic acids is 1. The first-order valence-corrected chi connectivity index (χ1v) is 9.10. The van der Waals surface area contributed by atoms with E-state index in [0.717, 1.165) is 16.9 Å². The van der Waals surface area contributed by atoms with Crippen molar-refractivity contribution in [1.82, 2.24) is 14.9 Å². The highest BCUT2D eigenvalue weighted by molar-refractivity contribution is 7.97. The number of hydrogen-bond donors (Lipinski definition) is 2. The zero-order valence-corrected chi connectivity index (χ0v) is 14.8. The molecule has 0 spiro atoms. The van der Waals surface area contributed by atoms with Crippen LogP contribution in [0.5, 0.6) is 0 Å². The molecule has 25 heavy (non-hydrogen) atoms. The maximum absolute atomic E-state index is 12.4. The fourth-order valence-electron chi connectivity index (χ4n) is 2.37. The summed E-state index contributed by atoms with van der Waals surface area (Å²) in [6, 6.07) is 6.44. The van der Waals surface area contributed by atoms with Crippen molar-refractivity contribution in [2.75, 3.05) is 19.5 Å². The van der Waals surface area contributed by atoms with Gasteiger partial charge in [0.1, 0.15) is 12.4 Å². The van der Waals surface area contributed by atoms with Gasteiger partial charge in [-0.05, 0) is 18.4 Å². The molecule has 0 aliphatic rings. The highest BCUT2D eigenvalue weighted by Gasteiger charge is 2.21. The first-order valence-electron chi connectivity index (χ1n) is 7.70. The summed E-state index contributed by atoms with van der Waals surface area (Å²) in [5.74, 6) is -0.108. The number of aliphatic carboxylic acids is 1. The average molecular weight is 363 g/mol. The van der Waals surface area contributed by atoms with Crippen LogP contribution in [-0.2, 0) is 26.6 Å². The van der Waals surface area contributed by atoms with Crippen LogP contribution in [0, 0.1) is 0 Å². The summed E-state index contributed by atoms with van der Waals surface area (Å²) in [4.78, 5) is 28.2. The minimum atomic E-state index is -1.14. The Kier molecular flexibility index (Phi) is 7.03. The fourth-order valence-corrected chi connectivity index (χ4v) is 2.85. The fraction of sp³-hybridized carbons (Fsp3) is 0.353. The number of thioether (sulfide) groups is 1. The van der Waals surface area contributed by atoms with Crippen LogP contribution >= 0.6 is 11.8 Å². The van der Waals surface area contributed by atoms with E-state index in [1.54, 1.807) is 11.8 Å². The first kappa shape index (κ1) is 19.0. The van der Waals surface area contributed by atoms with Crippen molar-refractivity contribution in [3.8, 4) is 0 Å². The number of fused-ring (bicyclic) bond motifs is 1. The van der Waals surface area contributed by atoms with Gasteiger partial charge in [0.2, 0.25) is 5.91 Å². The molecule has 8 heteroatoms. The Bertz CT molecular complexity index is 759. The predicted octanol–water partition coefficient (Wildman–Crippen LogP) is 1.67. The van der Waals surface area contributed by atoms with Crippen LogP contribution in [0.1, 0.15) is 5.82 Å². The topological polar surface area (TPSA) is 93.5 Å². The van der Waals surface area contributed by atoms with Gasteiger partial charge in [0, 0.05) is 0 Å². The number of benzene rings is 1. The van der Waals surface area contributed by atoms with E-state index < -0.39 is 17.9 Å². The van der Waals surface area contributed by atoms with Crippen molar-refractivity contribution in [3.05, 3.63) is 42.7 Å². The minimum absolute atomic E-state index is 0.00163. The molecule has 134 valence electrons. The molecule has 0 fully saturated rings. The molecule has 1 heterocycles. The van der Waals surface area contributed by atoms with Crippen molar-refractivity contribution in [2.24, 2.45) is 0 Å². The largest absolute Gasteiger partial charge is 0.480 e. The number of carbonyl (C=O) groups is 2. The van der Waals surface area contributed by atoms with Gasteiger partial charge in [0.25, 0.3) is 0 Å². The van der Waals surface area contributed by atoms with Crippen LogP contribution in [0.25, 0.3) is 11.0 Å². The first-order chi connectivity index (χ1) is 12.1. The molecule has 1 amide bonds. The SMILES string of the molecule is C=CCOCC(NC(=O)Cn1c(CSC)nc2ccccc21)C(=O)O. The number of nitrogens with zero attached hydrogens (tertiary/aromatic N) is 2. The van der Waals surface area contributed by atoms with Gasteiger partial charge in [0.05, 0.1) is 30.0 Å². The van der Waals surface area contributed by atoms with Gasteiger partial charge in [-0.2, -0.15) is 11.8 Å². The van der Waals surface area contributed by atoms with Crippen LogP contribution < -0.4 is 5.32 Å². The van der Waals surface area contributed by atoms with Crippen LogP contribution in [0.3, 0.4) is 0 Å². The molecule has 0 radical (unpaired) electrons. The molecule has 0 aliphatic carbocycles. The van der Waals surface area contributed by atoms with E-state index in [9.17, 15) is 14.7 Å². The smallest absolute Gasteiger partial charge is 0.328 e. The number of hydrogen-bond acceptors (Lipinski definition) is 5. The second kappa shape index (κ2) is 9.24. The van der Waals surface area contributed by atoms with E-state index in [2.05, 4.69) is 16.9 Å². The number of para-hydroxylation sites is 2. The van der Waals surface area contributed by atoms with E-state index in [1.165, 1.54) is 6.08 Å². The molecule has 0 saturated heterocycles. The zero-order chi connectivity index (χ0) is 18.2. The van der Waals surface area contributed by atoms with Gasteiger partial charge >= 0.3 is 5.97 Å². The number of nitrogens with one attached hydrogen (secondary N) is 1.